The molecule has 0 aliphatic carbocycles. The zero-order valence-corrected chi connectivity index (χ0v) is 53.6. The standard InChI is InChI=1S/C61H81Cl2N9O18/c1-32(2)53(68-47(73)18-11-12-19-51(77)90-72-48(74)22-23-49(72)75)55(79)67-40(16-14-24-65-58(64)82)54(78)66-37-20-21-38(39(62)28-37)56(80)70(7)35(5)57(81)88-46-29-50(76)71(8)41-26-36(27-42(85-9)52(41)63)25-33(3)15-13-17-45(86-10)61(84)31-43(87-59(83)69-61)34(4)44-30-60(46,6)89-44/h13,15,17,20-21,26-28,32,34-35,40,43-46,53,84H,11-12,14,16,18-19,22-25,29-31H2,1-10H3,(H,66,78)(H,67,79)(H,68,73)(H,69,83)(H3,64,65,82)/b17-13+,33-15+/t34-,35+,40+,43+,44-,45-,46+,53+,60-,61+/m1/s1. The molecule has 492 valence electrons. The van der Waals surface area contributed by atoms with E-state index >= 15 is 0 Å². The molecule has 5 aliphatic rings. The first kappa shape index (κ1) is 71.2. The van der Waals surface area contributed by atoms with Gasteiger partial charge in [-0.3, -0.25) is 38.9 Å². The van der Waals surface area contributed by atoms with E-state index in [9.17, 15) is 57.8 Å². The summed E-state index contributed by atoms with van der Waals surface area (Å²) in [4.78, 5) is 151. The first-order valence-corrected chi connectivity index (χ1v) is 30.3. The van der Waals surface area contributed by atoms with Gasteiger partial charge in [-0.2, -0.15) is 0 Å². The van der Waals surface area contributed by atoms with Gasteiger partial charge in [-0.15, -0.1) is 5.06 Å². The molecule has 0 unspecified atom stereocenters. The van der Waals surface area contributed by atoms with Crippen LogP contribution in [0.25, 0.3) is 0 Å². The number of esters is 1. The number of alkyl carbamates (subject to hydrolysis) is 1. The van der Waals surface area contributed by atoms with Gasteiger partial charge in [-0.05, 0) is 94.7 Å². The molecule has 8 N–H and O–H groups in total. The maximum Gasteiger partial charge on any atom is 0.409 e. The molecule has 90 heavy (non-hydrogen) atoms. The van der Waals surface area contributed by atoms with Crippen LogP contribution in [0.3, 0.4) is 0 Å². The van der Waals surface area contributed by atoms with E-state index in [1.54, 1.807) is 52.0 Å². The summed E-state index contributed by atoms with van der Waals surface area (Å²) in [7, 11) is 5.71. The summed E-state index contributed by atoms with van der Waals surface area (Å²) in [6.45, 7) is 10.1. The van der Waals surface area contributed by atoms with Crippen molar-refractivity contribution in [2.75, 3.05) is 45.1 Å². The van der Waals surface area contributed by atoms with Crippen molar-refractivity contribution in [1.29, 1.82) is 0 Å². The Morgan fingerprint density at radius 1 is 0.922 bits per heavy atom. The largest absolute Gasteiger partial charge is 0.495 e. The Bertz CT molecular complexity index is 3120. The number of unbranched alkanes of at least 4 members (excludes halogenated alkanes) is 1. The van der Waals surface area contributed by atoms with Crippen molar-refractivity contribution in [1.82, 2.24) is 31.2 Å². The predicted octanol–water partition coefficient (Wildman–Crippen LogP) is 5.05. The molecule has 5 aliphatic heterocycles. The van der Waals surface area contributed by atoms with Crippen LogP contribution in [0.2, 0.25) is 10.0 Å². The number of fused-ring (bicyclic) bond motifs is 6. The summed E-state index contributed by atoms with van der Waals surface area (Å²) in [5, 5.41) is 25.3. The predicted molar refractivity (Wildman–Crippen MR) is 326 cm³/mol. The highest BCUT2D eigenvalue weighted by atomic mass is 35.5. The fourth-order valence-electron chi connectivity index (χ4n) is 10.7. The Morgan fingerprint density at radius 3 is 2.23 bits per heavy atom. The summed E-state index contributed by atoms with van der Waals surface area (Å²) >= 11 is 13.6. The Morgan fingerprint density at radius 2 is 1.60 bits per heavy atom. The number of hydroxylamine groups is 2. The molecular weight excluding hydrogens is 1220 g/mol. The van der Waals surface area contributed by atoms with Gasteiger partial charge in [0.05, 0.1) is 35.9 Å². The second kappa shape index (κ2) is 31.3. The monoisotopic (exact) mass is 1300 g/mol. The molecule has 27 nitrogen and oxygen atoms in total. The molecule has 5 heterocycles. The van der Waals surface area contributed by atoms with Crippen LogP contribution >= 0.6 is 23.2 Å². The second-order valence-electron chi connectivity index (χ2n) is 23.5. The number of carbonyl (C=O) groups excluding carboxylic acids is 11. The number of aliphatic hydroxyl groups is 1. The molecule has 7 rings (SSSR count). The highest BCUT2D eigenvalue weighted by Gasteiger charge is 2.56. The van der Waals surface area contributed by atoms with E-state index in [0.717, 1.165) is 16.0 Å². The number of carbonyl (C=O) groups is 11. The lowest BCUT2D eigenvalue weighted by atomic mass is 9.76. The Kier molecular flexibility index (Phi) is 24.7. The summed E-state index contributed by atoms with van der Waals surface area (Å²) in [6.07, 6.45) is 0.631. The SMILES string of the molecule is COc1cc2cc(c1Cl)N(C)C(=O)C[C@H](OC(=O)[C@H](C)N(C)C(=O)c1ccc(NC(=O)[C@H](CCCNC(N)=O)NC(=O)[C@@H](NC(=O)CCCCC(=O)ON3C(=O)CCC3=O)C(C)C)cc1Cl)[C@@]1(C)C[C@@H](O1)[C@H](C)[C@@H]1C[C@@](O)(NC(=O)O1)[C@H](OC)/C=C/C=C(\C)C2. The third kappa shape index (κ3) is 18.2. The van der Waals surface area contributed by atoms with Crippen LogP contribution in [0.5, 0.6) is 5.75 Å². The number of hydrogen-bond acceptors (Lipinski definition) is 18. The molecule has 2 aromatic carbocycles. The van der Waals surface area contributed by atoms with Crippen molar-refractivity contribution >= 4 is 100.0 Å². The Hall–Kier alpha value is -7.85. The molecule has 3 saturated heterocycles. The van der Waals surface area contributed by atoms with Crippen LogP contribution in [-0.2, 0) is 68.6 Å². The van der Waals surface area contributed by atoms with Gasteiger partial charge in [0.1, 0.15) is 52.8 Å². The van der Waals surface area contributed by atoms with Crippen LogP contribution < -0.4 is 42.0 Å². The lowest BCUT2D eigenvalue weighted by Crippen LogP contribution is -2.66. The van der Waals surface area contributed by atoms with Gasteiger partial charge in [-0.25, -0.2) is 19.2 Å². The molecule has 2 aromatic rings. The minimum absolute atomic E-state index is 0.0230. The van der Waals surface area contributed by atoms with Gasteiger partial charge >= 0.3 is 24.1 Å². The number of primary amides is 1. The van der Waals surface area contributed by atoms with Crippen molar-refractivity contribution in [3.8, 4) is 5.75 Å². The van der Waals surface area contributed by atoms with Gasteiger partial charge < -0.3 is 70.4 Å². The molecule has 0 aromatic heterocycles. The molecule has 3 fully saturated rings. The lowest BCUT2D eigenvalue weighted by Gasteiger charge is -2.53. The van der Waals surface area contributed by atoms with E-state index in [1.165, 1.54) is 58.3 Å². The smallest absolute Gasteiger partial charge is 0.409 e. The van der Waals surface area contributed by atoms with Crippen molar-refractivity contribution in [3.63, 3.8) is 0 Å². The summed E-state index contributed by atoms with van der Waals surface area (Å²) in [5.74, 6) is -6.95. The van der Waals surface area contributed by atoms with Gasteiger partial charge in [0.15, 0.2) is 5.72 Å². The number of benzene rings is 2. The van der Waals surface area contributed by atoms with Crippen LogP contribution in [0.4, 0.5) is 21.0 Å². The molecule has 29 heteroatoms. The fraction of sp³-hybridized carbons (Fsp3) is 0.557. The normalized spacial score (nSPS) is 24.7. The van der Waals surface area contributed by atoms with Gasteiger partial charge in [0, 0.05) is 77.9 Å². The van der Waals surface area contributed by atoms with E-state index in [4.69, 9.17) is 57.5 Å². The zero-order chi connectivity index (χ0) is 66.5. The van der Waals surface area contributed by atoms with Crippen LogP contribution in [0.15, 0.2) is 54.1 Å². The Balaban J connectivity index is 1.15. The van der Waals surface area contributed by atoms with E-state index in [0.29, 0.717) is 22.9 Å². The number of hydrogen-bond donors (Lipinski definition) is 7. The van der Waals surface area contributed by atoms with Crippen molar-refractivity contribution in [3.05, 3.63) is 75.3 Å². The zero-order valence-electron chi connectivity index (χ0n) is 52.1. The number of allylic oxidation sites excluding steroid dienone is 3. The van der Waals surface area contributed by atoms with E-state index in [-0.39, 0.29) is 92.0 Å². The summed E-state index contributed by atoms with van der Waals surface area (Å²) < 4.78 is 29.7. The van der Waals surface area contributed by atoms with E-state index < -0.39 is 138 Å². The van der Waals surface area contributed by atoms with Gasteiger partial charge in [0.25, 0.3) is 17.7 Å². The highest BCUT2D eigenvalue weighted by molar-refractivity contribution is 6.35. The topological polar surface area (TPSA) is 359 Å². The molecule has 10 amide bonds. The van der Waals surface area contributed by atoms with Gasteiger partial charge in [-0.1, -0.05) is 67.8 Å². The molecule has 6 bridgehead atoms. The van der Waals surface area contributed by atoms with Crippen molar-refractivity contribution in [2.45, 2.75) is 172 Å². The number of imide groups is 1. The third-order valence-corrected chi connectivity index (χ3v) is 17.0. The van der Waals surface area contributed by atoms with Gasteiger partial charge in [0.2, 0.25) is 23.6 Å². The number of methoxy groups -OCH3 is 2. The average molecular weight is 1300 g/mol. The fourth-order valence-corrected chi connectivity index (χ4v) is 11.3. The number of ether oxygens (including phenoxy) is 5. The molecular formula is C61H81Cl2N9O18. The number of amides is 10. The first-order chi connectivity index (χ1) is 42.4. The highest BCUT2D eigenvalue weighted by Crippen LogP contribution is 2.45. The number of halogens is 2. The maximum absolute atomic E-state index is 14.5. The average Bonchev–Trinajstić information content (AvgIpc) is 1.01. The molecule has 10 atom stereocenters. The van der Waals surface area contributed by atoms with E-state index in [2.05, 4.69) is 26.6 Å². The number of nitrogens with zero attached hydrogens (tertiary/aromatic N) is 3. The van der Waals surface area contributed by atoms with E-state index in [1.807, 2.05) is 13.0 Å². The number of anilines is 2. The van der Waals surface area contributed by atoms with Crippen molar-refractivity contribution in [2.24, 2.45) is 17.6 Å². The number of likely N-dealkylation sites (N-methyl/N-ethyl adjacent to an activating group) is 1. The summed E-state index contributed by atoms with van der Waals surface area (Å²) in [6, 6.07) is 2.94. The van der Waals surface area contributed by atoms with Crippen LogP contribution in [-0.4, -0.2) is 169 Å². The maximum atomic E-state index is 14.5. The van der Waals surface area contributed by atoms with Crippen LogP contribution in [0.1, 0.15) is 128 Å². The number of nitrogens with one attached hydrogen (secondary N) is 5. The number of rotatable bonds is 22. The number of nitrogens with two attached hydrogens (primary N) is 1. The third-order valence-electron chi connectivity index (χ3n) is 16.3. The van der Waals surface area contributed by atoms with Crippen LogP contribution in [0, 0.1) is 11.8 Å². The second-order valence-corrected chi connectivity index (χ2v) is 24.3. The minimum atomic E-state index is -1.89. The first-order valence-electron chi connectivity index (χ1n) is 29.5. The van der Waals surface area contributed by atoms with Crippen molar-refractivity contribution < 1.29 is 86.4 Å². The molecule has 0 saturated carbocycles. The quantitative estimate of drug-likeness (QED) is 0.0460. The Labute approximate surface area is 531 Å². The lowest BCUT2D eigenvalue weighted by molar-refractivity contribution is -0.271. The number of urea groups is 1. The molecule has 0 radical (unpaired) electrons. The summed E-state index contributed by atoms with van der Waals surface area (Å²) in [5.41, 5.74) is 3.92. The molecule has 0 spiro atoms. The minimum Gasteiger partial charge on any atom is -0.495 e.